The Hall–Kier alpha value is -3.11. The molecule has 1 atom stereocenters. The van der Waals surface area contributed by atoms with Gasteiger partial charge in [0.05, 0.1) is 35.8 Å². The molecule has 168 valence electrons. The van der Waals surface area contributed by atoms with Crippen LogP contribution in [0.1, 0.15) is 16.8 Å². The number of hydrazine groups is 1. The largest absolute Gasteiger partial charge is 0.496 e. The number of ether oxygens (including phenoxy) is 2. The molecule has 0 aromatic heterocycles. The first kappa shape index (κ1) is 23.6. The normalized spacial score (nSPS) is 15.3. The monoisotopic (exact) mass is 523 g/mol. The number of hydrogen-bond donors (Lipinski definition) is 2. The molecule has 2 N–H and O–H groups in total. The van der Waals surface area contributed by atoms with Crippen LogP contribution in [0.25, 0.3) is 0 Å². The van der Waals surface area contributed by atoms with Gasteiger partial charge in [0.1, 0.15) is 5.75 Å². The van der Waals surface area contributed by atoms with Crippen molar-refractivity contribution in [2.45, 2.75) is 6.42 Å². The number of para-hydroxylation sites is 1. The number of benzene rings is 2. The molecule has 0 bridgehead atoms. The maximum absolute atomic E-state index is 12.5. The number of carbonyl (C=O) groups excluding carboxylic acids is 4. The lowest BCUT2D eigenvalue weighted by Gasteiger charge is -2.18. The smallest absolute Gasteiger partial charge is 0.311 e. The maximum atomic E-state index is 12.5. The Bertz CT molecular complexity index is 1060. The zero-order valence-electron chi connectivity index (χ0n) is 16.9. The SMILES string of the molecule is COc1ccccc1C(=O)NN1C[C@@H](C(=O)OCC(=O)Nc2ccc(Br)cc2Cl)CC1=O. The fourth-order valence-electron chi connectivity index (χ4n) is 3.02. The molecule has 11 heteroatoms. The van der Waals surface area contributed by atoms with Gasteiger partial charge >= 0.3 is 5.97 Å². The third kappa shape index (κ3) is 5.77. The molecule has 2 aromatic rings. The number of anilines is 1. The van der Waals surface area contributed by atoms with Crippen LogP contribution in [0, 0.1) is 5.92 Å². The summed E-state index contributed by atoms with van der Waals surface area (Å²) in [7, 11) is 1.43. The highest BCUT2D eigenvalue weighted by Crippen LogP contribution is 2.25. The number of methoxy groups -OCH3 is 1. The standard InChI is InChI=1S/C21H19BrClN3O6/c1-31-17-5-3-2-4-14(17)20(29)25-26-10-12(8-19(26)28)21(30)32-11-18(27)24-16-7-6-13(22)9-15(16)23/h2-7,9,12H,8,10-11H2,1H3,(H,24,27)(H,25,29)/t12-/m0/s1. The lowest BCUT2D eigenvalue weighted by Crippen LogP contribution is -2.43. The highest BCUT2D eigenvalue weighted by molar-refractivity contribution is 9.10. The molecule has 0 aliphatic carbocycles. The summed E-state index contributed by atoms with van der Waals surface area (Å²) in [4.78, 5) is 49.1. The Balaban J connectivity index is 1.51. The number of amides is 3. The van der Waals surface area contributed by atoms with Gasteiger partial charge in [0.25, 0.3) is 11.8 Å². The highest BCUT2D eigenvalue weighted by atomic mass is 79.9. The van der Waals surface area contributed by atoms with Gasteiger partial charge < -0.3 is 14.8 Å². The van der Waals surface area contributed by atoms with Crippen LogP contribution < -0.4 is 15.5 Å². The number of halogens is 2. The van der Waals surface area contributed by atoms with Gasteiger partial charge in [-0.25, -0.2) is 0 Å². The molecule has 1 aliphatic heterocycles. The summed E-state index contributed by atoms with van der Waals surface area (Å²) < 4.78 is 10.9. The van der Waals surface area contributed by atoms with Gasteiger partial charge in [0.15, 0.2) is 6.61 Å². The van der Waals surface area contributed by atoms with Crippen LogP contribution in [0.4, 0.5) is 5.69 Å². The van der Waals surface area contributed by atoms with E-state index < -0.39 is 36.2 Å². The zero-order chi connectivity index (χ0) is 23.3. The Morgan fingerprint density at radius 1 is 1.22 bits per heavy atom. The molecular formula is C21H19BrClN3O6. The molecule has 1 fully saturated rings. The minimum absolute atomic E-state index is 0.0707. The third-order valence-corrected chi connectivity index (χ3v) is 5.40. The topological polar surface area (TPSA) is 114 Å². The van der Waals surface area contributed by atoms with E-state index in [0.29, 0.717) is 16.5 Å². The quantitative estimate of drug-likeness (QED) is 0.539. The molecule has 3 rings (SSSR count). The molecule has 0 spiro atoms. The van der Waals surface area contributed by atoms with E-state index in [-0.39, 0.29) is 18.5 Å². The fraction of sp³-hybridized carbons (Fsp3) is 0.238. The second-order valence-corrected chi connectivity index (χ2v) is 8.15. The Kier molecular flexibility index (Phi) is 7.70. The van der Waals surface area contributed by atoms with E-state index in [1.807, 2.05) is 0 Å². The second kappa shape index (κ2) is 10.5. The van der Waals surface area contributed by atoms with E-state index >= 15 is 0 Å². The first-order valence-electron chi connectivity index (χ1n) is 9.44. The first-order chi connectivity index (χ1) is 15.3. The highest BCUT2D eigenvalue weighted by Gasteiger charge is 2.37. The molecule has 0 saturated carbocycles. The van der Waals surface area contributed by atoms with Gasteiger partial charge in [-0.3, -0.25) is 29.6 Å². The van der Waals surface area contributed by atoms with E-state index in [4.69, 9.17) is 21.1 Å². The number of carbonyl (C=O) groups is 4. The van der Waals surface area contributed by atoms with E-state index in [9.17, 15) is 19.2 Å². The Morgan fingerprint density at radius 2 is 1.97 bits per heavy atom. The average Bonchev–Trinajstić information content (AvgIpc) is 3.14. The summed E-state index contributed by atoms with van der Waals surface area (Å²) in [5, 5.41) is 3.92. The number of nitrogens with zero attached hydrogens (tertiary/aromatic N) is 1. The number of hydrogen-bond acceptors (Lipinski definition) is 6. The molecule has 0 radical (unpaired) electrons. The van der Waals surface area contributed by atoms with Crippen molar-refractivity contribution < 1.29 is 28.7 Å². The average molecular weight is 525 g/mol. The van der Waals surface area contributed by atoms with Crippen molar-refractivity contribution in [3.63, 3.8) is 0 Å². The van der Waals surface area contributed by atoms with Gasteiger partial charge in [-0.15, -0.1) is 0 Å². The number of rotatable bonds is 7. The molecule has 1 saturated heterocycles. The fourth-order valence-corrected chi connectivity index (χ4v) is 3.74. The van der Waals surface area contributed by atoms with Gasteiger partial charge in [0.2, 0.25) is 5.91 Å². The van der Waals surface area contributed by atoms with E-state index in [1.165, 1.54) is 7.11 Å². The number of nitrogens with one attached hydrogen (secondary N) is 2. The summed E-state index contributed by atoms with van der Waals surface area (Å²) in [6.07, 6.45) is -0.148. The minimum Gasteiger partial charge on any atom is -0.496 e. The summed E-state index contributed by atoms with van der Waals surface area (Å²) in [6, 6.07) is 11.5. The van der Waals surface area contributed by atoms with Gasteiger partial charge in [0, 0.05) is 10.9 Å². The summed E-state index contributed by atoms with van der Waals surface area (Å²) in [6.45, 7) is -0.609. The van der Waals surface area contributed by atoms with Crippen molar-refractivity contribution in [3.8, 4) is 5.75 Å². The van der Waals surface area contributed by atoms with Crippen LogP contribution in [-0.4, -0.2) is 49.0 Å². The van der Waals surface area contributed by atoms with Crippen molar-refractivity contribution in [2.75, 3.05) is 25.6 Å². The molecular weight excluding hydrogens is 506 g/mol. The second-order valence-electron chi connectivity index (χ2n) is 6.83. The molecule has 0 unspecified atom stereocenters. The molecule has 1 heterocycles. The van der Waals surface area contributed by atoms with Crippen molar-refractivity contribution in [1.29, 1.82) is 0 Å². The zero-order valence-corrected chi connectivity index (χ0v) is 19.2. The van der Waals surface area contributed by atoms with E-state index in [2.05, 4.69) is 26.7 Å². The molecule has 2 aromatic carbocycles. The van der Waals surface area contributed by atoms with Crippen LogP contribution in [0.3, 0.4) is 0 Å². The van der Waals surface area contributed by atoms with Gasteiger partial charge in [-0.2, -0.15) is 0 Å². The van der Waals surface area contributed by atoms with Gasteiger partial charge in [-0.1, -0.05) is 39.7 Å². The van der Waals surface area contributed by atoms with Crippen LogP contribution in [0.2, 0.25) is 5.02 Å². The van der Waals surface area contributed by atoms with E-state index in [1.54, 1.807) is 42.5 Å². The first-order valence-corrected chi connectivity index (χ1v) is 10.6. The Labute approximate surface area is 197 Å². The summed E-state index contributed by atoms with van der Waals surface area (Å²) in [5.74, 6) is -2.75. The van der Waals surface area contributed by atoms with Crippen molar-refractivity contribution in [3.05, 3.63) is 57.5 Å². The van der Waals surface area contributed by atoms with Crippen molar-refractivity contribution >= 4 is 56.9 Å². The molecule has 1 aliphatic rings. The minimum atomic E-state index is -0.815. The predicted octanol–water partition coefficient (Wildman–Crippen LogP) is 2.79. The van der Waals surface area contributed by atoms with Crippen molar-refractivity contribution in [1.82, 2.24) is 10.4 Å². The Morgan fingerprint density at radius 3 is 2.69 bits per heavy atom. The van der Waals surface area contributed by atoms with Gasteiger partial charge in [-0.05, 0) is 30.3 Å². The molecule has 32 heavy (non-hydrogen) atoms. The predicted molar refractivity (Wildman–Crippen MR) is 119 cm³/mol. The lowest BCUT2D eigenvalue weighted by molar-refractivity contribution is -0.151. The molecule has 3 amide bonds. The lowest BCUT2D eigenvalue weighted by atomic mass is 10.1. The maximum Gasteiger partial charge on any atom is 0.311 e. The molecule has 9 nitrogen and oxygen atoms in total. The third-order valence-electron chi connectivity index (χ3n) is 4.60. The summed E-state index contributed by atoms with van der Waals surface area (Å²) >= 11 is 9.30. The number of esters is 1. The van der Waals surface area contributed by atoms with Crippen LogP contribution in [0.15, 0.2) is 46.9 Å². The summed E-state index contributed by atoms with van der Waals surface area (Å²) in [5.41, 5.74) is 3.09. The van der Waals surface area contributed by atoms with Crippen LogP contribution in [-0.2, 0) is 19.1 Å². The van der Waals surface area contributed by atoms with Crippen LogP contribution >= 0.6 is 27.5 Å². The van der Waals surface area contributed by atoms with Crippen molar-refractivity contribution in [2.24, 2.45) is 5.92 Å². The van der Waals surface area contributed by atoms with Crippen LogP contribution in [0.5, 0.6) is 5.75 Å². The van der Waals surface area contributed by atoms with E-state index in [0.717, 1.165) is 9.48 Å².